The second-order valence-electron chi connectivity index (χ2n) is 6.74. The van der Waals surface area contributed by atoms with Crippen molar-refractivity contribution in [1.82, 2.24) is 14.5 Å². The largest absolute Gasteiger partial charge is 0.383 e. The number of aromatic nitrogens is 2. The molecule has 0 fully saturated rings. The second-order valence-corrected chi connectivity index (χ2v) is 8.40. The molecule has 6 nitrogen and oxygen atoms in total. The SMILES string of the molecule is Cn1ncc(S(=O)(=O)NC(C)(C)CC(C)(C)C)c1N. The first kappa shape index (κ1) is 16.0. The molecular weight excluding hydrogens is 264 g/mol. The highest BCUT2D eigenvalue weighted by Crippen LogP contribution is 2.28. The summed E-state index contributed by atoms with van der Waals surface area (Å²) in [6.45, 7) is 9.94. The summed E-state index contributed by atoms with van der Waals surface area (Å²) in [7, 11) is -2.05. The molecule has 1 aromatic heterocycles. The van der Waals surface area contributed by atoms with Crippen molar-refractivity contribution in [3.8, 4) is 0 Å². The maximum atomic E-state index is 12.3. The van der Waals surface area contributed by atoms with Crippen molar-refractivity contribution in [1.29, 1.82) is 0 Å². The summed E-state index contributed by atoms with van der Waals surface area (Å²) in [6.07, 6.45) is 1.98. The number of sulfonamides is 1. The van der Waals surface area contributed by atoms with Crippen LogP contribution in [-0.4, -0.2) is 23.7 Å². The molecule has 110 valence electrons. The zero-order valence-corrected chi connectivity index (χ0v) is 13.3. The van der Waals surface area contributed by atoms with Gasteiger partial charge in [-0.3, -0.25) is 4.68 Å². The van der Waals surface area contributed by atoms with Crippen molar-refractivity contribution in [2.24, 2.45) is 12.5 Å². The van der Waals surface area contributed by atoms with Crippen LogP contribution in [0.2, 0.25) is 0 Å². The minimum absolute atomic E-state index is 0.0203. The molecule has 0 atom stereocenters. The second kappa shape index (κ2) is 4.79. The van der Waals surface area contributed by atoms with Crippen molar-refractivity contribution < 1.29 is 8.42 Å². The standard InChI is InChI=1S/C12H24N4O2S/c1-11(2,3)8-12(4,5)15-19(17,18)9-7-14-16(6)10(9)13/h7,15H,8,13H2,1-6H3. The summed E-state index contributed by atoms with van der Waals surface area (Å²) in [6, 6.07) is 0. The average Bonchev–Trinajstić information content (AvgIpc) is 2.40. The predicted octanol–water partition coefficient (Wildman–Crippen LogP) is 1.50. The Balaban J connectivity index is 3.01. The van der Waals surface area contributed by atoms with E-state index in [-0.39, 0.29) is 16.1 Å². The Morgan fingerprint density at radius 2 is 1.84 bits per heavy atom. The van der Waals surface area contributed by atoms with Gasteiger partial charge in [-0.15, -0.1) is 0 Å². The van der Waals surface area contributed by atoms with Crippen LogP contribution in [0.3, 0.4) is 0 Å². The van der Waals surface area contributed by atoms with Crippen LogP contribution in [0.25, 0.3) is 0 Å². The molecule has 1 aromatic rings. The molecule has 0 aliphatic heterocycles. The van der Waals surface area contributed by atoms with Gasteiger partial charge in [0, 0.05) is 12.6 Å². The molecular formula is C12H24N4O2S. The number of anilines is 1. The quantitative estimate of drug-likeness (QED) is 0.878. The first-order chi connectivity index (χ1) is 8.34. The third kappa shape index (κ3) is 4.21. The zero-order chi connectivity index (χ0) is 15.1. The Morgan fingerprint density at radius 3 is 2.21 bits per heavy atom. The fraction of sp³-hybridized carbons (Fsp3) is 0.750. The van der Waals surface area contributed by atoms with E-state index in [2.05, 4.69) is 30.6 Å². The number of hydrogen-bond donors (Lipinski definition) is 2. The fourth-order valence-corrected chi connectivity index (χ4v) is 3.92. The van der Waals surface area contributed by atoms with Crippen LogP contribution in [-0.2, 0) is 17.1 Å². The van der Waals surface area contributed by atoms with Crippen molar-refractivity contribution >= 4 is 15.8 Å². The molecule has 7 heteroatoms. The van der Waals surface area contributed by atoms with Crippen LogP contribution in [0.15, 0.2) is 11.1 Å². The number of nitrogen functional groups attached to an aromatic ring is 1. The Morgan fingerprint density at radius 1 is 1.32 bits per heavy atom. The average molecular weight is 288 g/mol. The Kier molecular flexibility index (Phi) is 4.03. The number of nitrogens with one attached hydrogen (secondary N) is 1. The van der Waals surface area contributed by atoms with E-state index >= 15 is 0 Å². The lowest BCUT2D eigenvalue weighted by molar-refractivity contribution is 0.269. The maximum absolute atomic E-state index is 12.3. The van der Waals surface area contributed by atoms with Crippen molar-refractivity contribution in [3.05, 3.63) is 6.20 Å². The highest BCUT2D eigenvalue weighted by molar-refractivity contribution is 7.89. The van der Waals surface area contributed by atoms with Crippen LogP contribution in [0.1, 0.15) is 41.0 Å². The van der Waals surface area contributed by atoms with Crippen LogP contribution >= 0.6 is 0 Å². The first-order valence-electron chi connectivity index (χ1n) is 6.16. The molecule has 0 radical (unpaired) electrons. The topological polar surface area (TPSA) is 90.0 Å². The number of rotatable bonds is 4. The van der Waals surface area contributed by atoms with E-state index in [4.69, 9.17) is 5.73 Å². The lowest BCUT2D eigenvalue weighted by Gasteiger charge is -2.32. The third-order valence-electron chi connectivity index (χ3n) is 2.62. The minimum atomic E-state index is -3.66. The van der Waals surface area contributed by atoms with Gasteiger partial charge in [0.2, 0.25) is 10.0 Å². The monoisotopic (exact) mass is 288 g/mol. The van der Waals surface area contributed by atoms with Crippen molar-refractivity contribution in [2.75, 3.05) is 5.73 Å². The summed E-state index contributed by atoms with van der Waals surface area (Å²) in [5, 5.41) is 3.86. The molecule has 0 saturated heterocycles. The Labute approximate surface area is 115 Å². The molecule has 1 rings (SSSR count). The van der Waals surface area contributed by atoms with E-state index in [1.807, 2.05) is 13.8 Å². The first-order valence-corrected chi connectivity index (χ1v) is 7.64. The van der Waals surface area contributed by atoms with E-state index in [9.17, 15) is 8.42 Å². The van der Waals surface area contributed by atoms with Gasteiger partial charge in [-0.2, -0.15) is 5.10 Å². The van der Waals surface area contributed by atoms with Gasteiger partial charge in [0.25, 0.3) is 0 Å². The molecule has 0 spiro atoms. The fourth-order valence-electron chi connectivity index (χ4n) is 2.41. The molecule has 0 aromatic carbocycles. The molecule has 0 bridgehead atoms. The van der Waals surface area contributed by atoms with Gasteiger partial charge in [-0.1, -0.05) is 20.8 Å². The van der Waals surface area contributed by atoms with Crippen molar-refractivity contribution in [3.63, 3.8) is 0 Å². The third-order valence-corrected chi connectivity index (χ3v) is 4.34. The minimum Gasteiger partial charge on any atom is -0.383 e. The Bertz CT molecular complexity index is 553. The molecule has 19 heavy (non-hydrogen) atoms. The van der Waals surface area contributed by atoms with Gasteiger partial charge < -0.3 is 5.73 Å². The molecule has 0 aliphatic rings. The number of aryl methyl sites for hydroxylation is 1. The predicted molar refractivity (Wildman–Crippen MR) is 76.1 cm³/mol. The number of nitrogens with zero attached hydrogens (tertiary/aromatic N) is 2. The summed E-state index contributed by atoms with van der Waals surface area (Å²) in [4.78, 5) is 0.0250. The molecule has 0 aliphatic carbocycles. The van der Waals surface area contributed by atoms with Gasteiger partial charge in [-0.25, -0.2) is 13.1 Å². The van der Waals surface area contributed by atoms with Gasteiger partial charge in [-0.05, 0) is 25.7 Å². The molecule has 0 unspecified atom stereocenters. The Hall–Kier alpha value is -1.08. The van der Waals surface area contributed by atoms with Crippen LogP contribution in [0, 0.1) is 5.41 Å². The van der Waals surface area contributed by atoms with Crippen LogP contribution in [0.4, 0.5) is 5.82 Å². The smallest absolute Gasteiger partial charge is 0.246 e. The highest BCUT2D eigenvalue weighted by atomic mass is 32.2. The summed E-state index contributed by atoms with van der Waals surface area (Å²) < 4.78 is 28.7. The lowest BCUT2D eigenvalue weighted by Crippen LogP contribution is -2.45. The van der Waals surface area contributed by atoms with Crippen LogP contribution < -0.4 is 10.5 Å². The van der Waals surface area contributed by atoms with E-state index in [0.717, 1.165) is 0 Å². The summed E-state index contributed by atoms with van der Waals surface area (Å²) >= 11 is 0. The van der Waals surface area contributed by atoms with E-state index < -0.39 is 15.6 Å². The maximum Gasteiger partial charge on any atom is 0.246 e. The van der Waals surface area contributed by atoms with Gasteiger partial charge in [0.15, 0.2) is 0 Å². The summed E-state index contributed by atoms with van der Waals surface area (Å²) in [5.41, 5.74) is 5.18. The molecule has 0 amide bonds. The van der Waals surface area contributed by atoms with Gasteiger partial charge >= 0.3 is 0 Å². The normalized spacial score (nSPS) is 13.8. The number of hydrogen-bond acceptors (Lipinski definition) is 4. The van der Waals surface area contributed by atoms with Gasteiger partial charge in [0.1, 0.15) is 10.7 Å². The van der Waals surface area contributed by atoms with E-state index in [1.54, 1.807) is 7.05 Å². The van der Waals surface area contributed by atoms with E-state index in [0.29, 0.717) is 6.42 Å². The van der Waals surface area contributed by atoms with Crippen LogP contribution in [0.5, 0.6) is 0 Å². The zero-order valence-electron chi connectivity index (χ0n) is 12.5. The molecule has 3 N–H and O–H groups in total. The molecule has 1 heterocycles. The lowest BCUT2D eigenvalue weighted by atomic mass is 9.82. The summed E-state index contributed by atoms with van der Waals surface area (Å²) in [5.74, 6) is 0.138. The van der Waals surface area contributed by atoms with Gasteiger partial charge in [0.05, 0.1) is 6.20 Å². The number of nitrogens with two attached hydrogens (primary N) is 1. The highest BCUT2D eigenvalue weighted by Gasteiger charge is 2.32. The molecule has 0 saturated carbocycles. The van der Waals surface area contributed by atoms with E-state index in [1.165, 1.54) is 10.9 Å². The van der Waals surface area contributed by atoms with Crippen molar-refractivity contribution in [2.45, 2.75) is 51.5 Å².